The van der Waals surface area contributed by atoms with E-state index in [4.69, 9.17) is 19.5 Å². The number of nitrogens with two attached hydrogens (primary N) is 1. The molecule has 0 radical (unpaired) electrons. The second kappa shape index (κ2) is 8.81. The van der Waals surface area contributed by atoms with Crippen LogP contribution < -0.4 is 5.14 Å². The molecule has 0 aliphatic carbocycles. The summed E-state index contributed by atoms with van der Waals surface area (Å²) in [4.78, 5) is 13.1. The number of halogens is 3. The van der Waals surface area contributed by atoms with Gasteiger partial charge in [0.15, 0.2) is 0 Å². The highest BCUT2D eigenvalue weighted by molar-refractivity contribution is 7.89. The van der Waals surface area contributed by atoms with Crippen LogP contribution in [0.5, 0.6) is 0 Å². The van der Waals surface area contributed by atoms with Crippen molar-refractivity contribution >= 4 is 27.0 Å². The Labute approximate surface area is 180 Å². The maximum absolute atomic E-state index is 11.9. The number of aromatic nitrogens is 1. The molecule has 0 spiro atoms. The molecular weight excluding hydrogens is 449 g/mol. The van der Waals surface area contributed by atoms with Gasteiger partial charge in [0.25, 0.3) is 0 Å². The van der Waals surface area contributed by atoms with E-state index in [2.05, 4.69) is 4.98 Å². The zero-order chi connectivity index (χ0) is 23.5. The summed E-state index contributed by atoms with van der Waals surface area (Å²) in [6.07, 6.45) is -0.0322. The van der Waals surface area contributed by atoms with Crippen molar-refractivity contribution in [2.75, 3.05) is 0 Å². The van der Waals surface area contributed by atoms with Crippen LogP contribution in [0.15, 0.2) is 82.6 Å². The number of fused-ring (bicyclic) bond motifs is 1. The molecule has 0 saturated carbocycles. The van der Waals surface area contributed by atoms with E-state index in [-0.39, 0.29) is 4.90 Å². The molecule has 4 rings (SSSR count). The summed E-state index contributed by atoms with van der Waals surface area (Å²) in [5, 5.41) is 13.4. The standard InChI is InChI=1S/C19H14N2O3S.C2HF3O2/c20-25(22,23)18-6-2-1-5-16(18)15-10-13-7-9-24-19(13)17(11-15)14-4-3-8-21-12-14;3-2(4,5)1(6)7/h1-12H,(H2,20,22,23);(H,6,7). The Hall–Kier alpha value is -3.70. The maximum atomic E-state index is 11.9. The number of furan rings is 1. The van der Waals surface area contributed by atoms with Gasteiger partial charge in [-0.1, -0.05) is 24.3 Å². The molecule has 7 nitrogen and oxygen atoms in total. The van der Waals surface area contributed by atoms with Gasteiger partial charge in [-0.3, -0.25) is 4.98 Å². The molecule has 166 valence electrons. The minimum atomic E-state index is -5.08. The highest BCUT2D eigenvalue weighted by Crippen LogP contribution is 2.36. The predicted molar refractivity (Wildman–Crippen MR) is 110 cm³/mol. The fourth-order valence-electron chi connectivity index (χ4n) is 2.93. The summed E-state index contributed by atoms with van der Waals surface area (Å²) in [6, 6.07) is 16.1. The quantitative estimate of drug-likeness (QED) is 0.462. The topological polar surface area (TPSA) is 123 Å². The van der Waals surface area contributed by atoms with E-state index in [0.717, 1.165) is 27.7 Å². The van der Waals surface area contributed by atoms with Crippen molar-refractivity contribution in [2.24, 2.45) is 5.14 Å². The third-order valence-electron chi connectivity index (χ3n) is 4.27. The molecule has 2 heterocycles. The number of sulfonamides is 1. The first-order valence-electron chi connectivity index (χ1n) is 8.82. The highest BCUT2D eigenvalue weighted by Gasteiger charge is 2.38. The molecule has 0 amide bonds. The summed E-state index contributed by atoms with van der Waals surface area (Å²) >= 11 is 0. The molecule has 0 unspecified atom stereocenters. The molecule has 3 N–H and O–H groups in total. The van der Waals surface area contributed by atoms with Crippen LogP contribution >= 0.6 is 0 Å². The zero-order valence-electron chi connectivity index (χ0n) is 16.1. The molecule has 0 saturated heterocycles. The lowest BCUT2D eigenvalue weighted by molar-refractivity contribution is -0.192. The van der Waals surface area contributed by atoms with Gasteiger partial charge in [0.1, 0.15) is 5.58 Å². The Balaban J connectivity index is 0.000000360. The van der Waals surface area contributed by atoms with Crippen molar-refractivity contribution in [3.05, 3.63) is 73.3 Å². The number of nitrogens with zero attached hydrogens (tertiary/aromatic N) is 1. The van der Waals surface area contributed by atoms with Crippen LogP contribution in [0.3, 0.4) is 0 Å². The van der Waals surface area contributed by atoms with Gasteiger partial charge in [-0.25, -0.2) is 18.4 Å². The normalized spacial score (nSPS) is 11.6. The second-order valence-corrected chi connectivity index (χ2v) is 7.98. The Morgan fingerprint density at radius 2 is 1.69 bits per heavy atom. The van der Waals surface area contributed by atoms with E-state index in [1.165, 1.54) is 6.07 Å². The van der Waals surface area contributed by atoms with Crippen LogP contribution in [0.1, 0.15) is 0 Å². The Kier molecular flexibility index (Phi) is 6.32. The van der Waals surface area contributed by atoms with E-state index in [1.807, 2.05) is 30.3 Å². The van der Waals surface area contributed by atoms with Crippen LogP contribution in [0.25, 0.3) is 33.2 Å². The minimum absolute atomic E-state index is 0.0926. The second-order valence-electron chi connectivity index (χ2n) is 6.45. The van der Waals surface area contributed by atoms with E-state index < -0.39 is 22.2 Å². The summed E-state index contributed by atoms with van der Waals surface area (Å²) in [6.45, 7) is 0. The van der Waals surface area contributed by atoms with E-state index in [1.54, 1.807) is 36.9 Å². The van der Waals surface area contributed by atoms with Gasteiger partial charge in [-0.15, -0.1) is 0 Å². The molecule has 0 aliphatic heterocycles. The molecule has 4 aromatic rings. The SMILES string of the molecule is NS(=O)(=O)c1ccccc1-c1cc(-c2cccnc2)c2occc2c1.O=C(O)C(F)(F)F. The summed E-state index contributed by atoms with van der Waals surface area (Å²) in [7, 11) is -3.83. The summed E-state index contributed by atoms with van der Waals surface area (Å²) in [5.41, 5.74) is 3.76. The number of pyridine rings is 1. The number of alkyl halides is 3. The molecule has 2 aromatic heterocycles. The number of hydrogen-bond donors (Lipinski definition) is 2. The number of hydrogen-bond acceptors (Lipinski definition) is 5. The Morgan fingerprint density at radius 3 is 2.28 bits per heavy atom. The van der Waals surface area contributed by atoms with Gasteiger partial charge in [0.05, 0.1) is 11.2 Å². The molecular formula is C21H15F3N2O5S. The van der Waals surface area contributed by atoms with Crippen LogP contribution in [-0.4, -0.2) is 30.7 Å². The van der Waals surface area contributed by atoms with E-state index in [9.17, 15) is 21.6 Å². The van der Waals surface area contributed by atoms with Crippen molar-refractivity contribution in [3.8, 4) is 22.3 Å². The fraction of sp³-hybridized carbons (Fsp3) is 0.0476. The van der Waals surface area contributed by atoms with Gasteiger partial charge in [0.2, 0.25) is 10.0 Å². The third kappa shape index (κ3) is 5.13. The molecule has 0 fully saturated rings. The third-order valence-corrected chi connectivity index (χ3v) is 5.24. The number of carbonyl (C=O) groups is 1. The van der Waals surface area contributed by atoms with Gasteiger partial charge in [-0.2, -0.15) is 13.2 Å². The summed E-state index contributed by atoms with van der Waals surface area (Å²) in [5.74, 6) is -2.76. The number of aliphatic carboxylic acids is 1. The van der Waals surface area contributed by atoms with Crippen molar-refractivity contribution in [1.29, 1.82) is 0 Å². The van der Waals surface area contributed by atoms with Crippen LogP contribution in [-0.2, 0) is 14.8 Å². The number of benzene rings is 2. The zero-order valence-corrected chi connectivity index (χ0v) is 16.9. The Morgan fingerprint density at radius 1 is 1.00 bits per heavy atom. The first-order valence-corrected chi connectivity index (χ1v) is 10.4. The maximum Gasteiger partial charge on any atom is 0.490 e. The lowest BCUT2D eigenvalue weighted by atomic mass is 9.97. The smallest absolute Gasteiger partial charge is 0.475 e. The van der Waals surface area contributed by atoms with Crippen molar-refractivity contribution in [2.45, 2.75) is 11.1 Å². The molecule has 0 atom stereocenters. The van der Waals surface area contributed by atoms with E-state index >= 15 is 0 Å². The van der Waals surface area contributed by atoms with Crippen molar-refractivity contribution in [3.63, 3.8) is 0 Å². The lowest BCUT2D eigenvalue weighted by Gasteiger charge is -2.10. The number of rotatable bonds is 3. The van der Waals surface area contributed by atoms with Crippen LogP contribution in [0, 0.1) is 0 Å². The molecule has 32 heavy (non-hydrogen) atoms. The molecule has 2 aromatic carbocycles. The largest absolute Gasteiger partial charge is 0.490 e. The predicted octanol–water partition coefficient (Wildman–Crippen LogP) is 4.44. The first-order chi connectivity index (χ1) is 15.0. The Bertz CT molecular complexity index is 1370. The van der Waals surface area contributed by atoms with E-state index in [0.29, 0.717) is 5.56 Å². The van der Waals surface area contributed by atoms with Crippen LogP contribution in [0.4, 0.5) is 13.2 Å². The average Bonchev–Trinajstić information content (AvgIpc) is 3.21. The fourth-order valence-corrected chi connectivity index (χ4v) is 3.69. The summed E-state index contributed by atoms with van der Waals surface area (Å²) < 4.78 is 61.2. The first kappa shape index (κ1) is 23.0. The highest BCUT2D eigenvalue weighted by atomic mass is 32.2. The number of primary sulfonamides is 1. The van der Waals surface area contributed by atoms with Gasteiger partial charge in [-0.05, 0) is 35.9 Å². The minimum Gasteiger partial charge on any atom is -0.475 e. The molecule has 11 heteroatoms. The molecule has 0 aliphatic rings. The average molecular weight is 464 g/mol. The van der Waals surface area contributed by atoms with Gasteiger partial charge in [0, 0.05) is 34.5 Å². The van der Waals surface area contributed by atoms with Crippen LogP contribution in [0.2, 0.25) is 0 Å². The van der Waals surface area contributed by atoms with Gasteiger partial charge < -0.3 is 9.52 Å². The number of carboxylic acid groups (broad SMARTS) is 1. The lowest BCUT2D eigenvalue weighted by Crippen LogP contribution is -2.21. The monoisotopic (exact) mass is 464 g/mol. The number of carboxylic acids is 1. The van der Waals surface area contributed by atoms with Crippen molar-refractivity contribution < 1.29 is 35.9 Å². The van der Waals surface area contributed by atoms with Gasteiger partial charge >= 0.3 is 12.1 Å². The molecule has 0 bridgehead atoms. The van der Waals surface area contributed by atoms with Crippen molar-refractivity contribution in [1.82, 2.24) is 4.98 Å².